The number of ketones is 1. The number of carbonyl (C=O) groups excluding carboxylic acids is 1. The Morgan fingerprint density at radius 1 is 1.35 bits per heavy atom. The van der Waals surface area contributed by atoms with Gasteiger partial charge in [0.05, 0.1) is 0 Å². The SMILES string of the molecule is Cn1ccnc1C(=O)C1CC1c1ccccc1. The van der Waals surface area contributed by atoms with Crippen LogP contribution in [-0.4, -0.2) is 15.3 Å². The molecule has 0 spiro atoms. The van der Waals surface area contributed by atoms with Crippen molar-refractivity contribution in [1.29, 1.82) is 0 Å². The summed E-state index contributed by atoms with van der Waals surface area (Å²) in [5.74, 6) is 1.26. The third-order valence-electron chi connectivity index (χ3n) is 3.40. The van der Waals surface area contributed by atoms with E-state index in [1.807, 2.05) is 31.4 Å². The van der Waals surface area contributed by atoms with Crippen molar-refractivity contribution in [2.75, 3.05) is 0 Å². The number of hydrogen-bond donors (Lipinski definition) is 0. The van der Waals surface area contributed by atoms with E-state index in [0.717, 1.165) is 6.42 Å². The number of Topliss-reactive ketones (excluding diaryl/α,β-unsaturated/α-hetero) is 1. The lowest BCUT2D eigenvalue weighted by Crippen LogP contribution is -2.10. The van der Waals surface area contributed by atoms with Crippen LogP contribution in [0.15, 0.2) is 42.7 Å². The fraction of sp³-hybridized carbons (Fsp3) is 0.286. The Labute approximate surface area is 100 Å². The van der Waals surface area contributed by atoms with Crippen molar-refractivity contribution in [3.05, 3.63) is 54.1 Å². The molecule has 1 aromatic carbocycles. The fourth-order valence-corrected chi connectivity index (χ4v) is 2.32. The minimum Gasteiger partial charge on any atom is -0.332 e. The monoisotopic (exact) mass is 226 g/mol. The van der Waals surface area contributed by atoms with E-state index in [1.54, 1.807) is 10.8 Å². The van der Waals surface area contributed by atoms with Crippen LogP contribution in [0, 0.1) is 5.92 Å². The van der Waals surface area contributed by atoms with E-state index >= 15 is 0 Å². The maximum absolute atomic E-state index is 12.2. The molecule has 0 radical (unpaired) electrons. The highest BCUT2D eigenvalue weighted by atomic mass is 16.1. The molecule has 3 heteroatoms. The first-order valence-electron chi connectivity index (χ1n) is 5.84. The Balaban J connectivity index is 1.78. The Bertz CT molecular complexity index is 544. The molecular weight excluding hydrogens is 212 g/mol. The summed E-state index contributed by atoms with van der Waals surface area (Å²) in [6.07, 6.45) is 4.44. The second-order valence-electron chi connectivity index (χ2n) is 4.59. The van der Waals surface area contributed by atoms with Crippen molar-refractivity contribution in [3.8, 4) is 0 Å². The average Bonchev–Trinajstić information content (AvgIpc) is 3.05. The first-order valence-corrected chi connectivity index (χ1v) is 5.84. The minimum absolute atomic E-state index is 0.124. The number of imidazole rings is 1. The summed E-state index contributed by atoms with van der Waals surface area (Å²) in [6.45, 7) is 0. The standard InChI is InChI=1S/C14H14N2O/c1-16-8-7-15-14(16)13(17)12-9-11(12)10-5-3-2-4-6-10/h2-8,11-12H,9H2,1H3. The van der Waals surface area contributed by atoms with E-state index in [4.69, 9.17) is 0 Å². The van der Waals surface area contributed by atoms with Crippen LogP contribution >= 0.6 is 0 Å². The zero-order chi connectivity index (χ0) is 11.8. The lowest BCUT2D eigenvalue weighted by atomic mass is 10.1. The second kappa shape index (κ2) is 3.84. The van der Waals surface area contributed by atoms with E-state index in [0.29, 0.717) is 11.7 Å². The molecule has 0 aliphatic heterocycles. The maximum atomic E-state index is 12.2. The summed E-state index contributed by atoms with van der Waals surface area (Å²) >= 11 is 0. The summed E-state index contributed by atoms with van der Waals surface area (Å²) < 4.78 is 1.79. The molecule has 1 fully saturated rings. The van der Waals surface area contributed by atoms with Gasteiger partial charge in [0.1, 0.15) is 0 Å². The van der Waals surface area contributed by atoms with Crippen molar-refractivity contribution in [1.82, 2.24) is 9.55 Å². The highest BCUT2D eigenvalue weighted by molar-refractivity contribution is 5.97. The lowest BCUT2D eigenvalue weighted by molar-refractivity contribution is 0.0952. The largest absolute Gasteiger partial charge is 0.332 e. The molecule has 86 valence electrons. The van der Waals surface area contributed by atoms with Crippen molar-refractivity contribution in [3.63, 3.8) is 0 Å². The summed E-state index contributed by atoms with van der Waals surface area (Å²) in [4.78, 5) is 16.3. The number of aryl methyl sites for hydroxylation is 1. The number of aromatic nitrogens is 2. The van der Waals surface area contributed by atoms with Gasteiger partial charge in [-0.1, -0.05) is 30.3 Å². The second-order valence-corrected chi connectivity index (χ2v) is 4.59. The molecular formula is C14H14N2O. The Morgan fingerprint density at radius 3 is 2.76 bits per heavy atom. The van der Waals surface area contributed by atoms with Crippen LogP contribution in [0.5, 0.6) is 0 Å². The van der Waals surface area contributed by atoms with Gasteiger partial charge in [0.2, 0.25) is 5.78 Å². The van der Waals surface area contributed by atoms with Gasteiger partial charge in [0.25, 0.3) is 0 Å². The van der Waals surface area contributed by atoms with Gasteiger partial charge < -0.3 is 4.57 Å². The molecule has 0 amide bonds. The van der Waals surface area contributed by atoms with Crippen LogP contribution in [0.1, 0.15) is 28.5 Å². The molecule has 3 nitrogen and oxygen atoms in total. The minimum atomic E-state index is 0.124. The number of benzene rings is 1. The molecule has 0 N–H and O–H groups in total. The molecule has 1 aromatic heterocycles. The maximum Gasteiger partial charge on any atom is 0.201 e. The Kier molecular flexibility index (Phi) is 2.32. The molecule has 0 bridgehead atoms. The van der Waals surface area contributed by atoms with E-state index < -0.39 is 0 Å². The van der Waals surface area contributed by atoms with Crippen molar-refractivity contribution >= 4 is 5.78 Å². The van der Waals surface area contributed by atoms with Gasteiger partial charge in [-0.25, -0.2) is 4.98 Å². The van der Waals surface area contributed by atoms with Crippen LogP contribution in [0.25, 0.3) is 0 Å². The van der Waals surface area contributed by atoms with Crippen LogP contribution in [0.2, 0.25) is 0 Å². The van der Waals surface area contributed by atoms with E-state index in [1.165, 1.54) is 5.56 Å². The highest BCUT2D eigenvalue weighted by Gasteiger charge is 2.45. The topological polar surface area (TPSA) is 34.9 Å². The fourth-order valence-electron chi connectivity index (χ4n) is 2.32. The number of carbonyl (C=O) groups is 1. The Hall–Kier alpha value is -1.90. The molecule has 3 rings (SSSR count). The highest BCUT2D eigenvalue weighted by Crippen LogP contribution is 2.48. The average molecular weight is 226 g/mol. The zero-order valence-corrected chi connectivity index (χ0v) is 9.71. The van der Waals surface area contributed by atoms with Crippen LogP contribution in [0.3, 0.4) is 0 Å². The summed E-state index contributed by atoms with van der Waals surface area (Å²) in [5, 5.41) is 0. The molecule has 1 heterocycles. The molecule has 1 saturated carbocycles. The molecule has 1 aliphatic carbocycles. The van der Waals surface area contributed by atoms with Crippen LogP contribution in [0.4, 0.5) is 0 Å². The normalized spacial score (nSPS) is 22.4. The Morgan fingerprint density at radius 2 is 2.12 bits per heavy atom. The first kappa shape index (κ1) is 10.3. The van der Waals surface area contributed by atoms with E-state index in [9.17, 15) is 4.79 Å². The van der Waals surface area contributed by atoms with Gasteiger partial charge >= 0.3 is 0 Å². The number of rotatable bonds is 3. The molecule has 17 heavy (non-hydrogen) atoms. The molecule has 2 atom stereocenters. The third-order valence-corrected chi connectivity index (χ3v) is 3.40. The number of nitrogens with zero attached hydrogens (tertiary/aromatic N) is 2. The van der Waals surface area contributed by atoms with E-state index in [2.05, 4.69) is 17.1 Å². The molecule has 0 saturated heterocycles. The van der Waals surface area contributed by atoms with Gasteiger partial charge in [-0.15, -0.1) is 0 Å². The first-order chi connectivity index (χ1) is 8.27. The van der Waals surface area contributed by atoms with Crippen molar-refractivity contribution in [2.24, 2.45) is 13.0 Å². The van der Waals surface area contributed by atoms with Gasteiger partial charge in [-0.3, -0.25) is 4.79 Å². The number of hydrogen-bond acceptors (Lipinski definition) is 2. The predicted molar refractivity (Wildman–Crippen MR) is 64.8 cm³/mol. The van der Waals surface area contributed by atoms with Gasteiger partial charge in [0, 0.05) is 25.4 Å². The lowest BCUT2D eigenvalue weighted by Gasteiger charge is -2.01. The van der Waals surface area contributed by atoms with E-state index in [-0.39, 0.29) is 11.7 Å². The summed E-state index contributed by atoms with van der Waals surface area (Å²) in [7, 11) is 1.86. The zero-order valence-electron chi connectivity index (χ0n) is 9.71. The van der Waals surface area contributed by atoms with Crippen molar-refractivity contribution in [2.45, 2.75) is 12.3 Å². The summed E-state index contributed by atoms with van der Waals surface area (Å²) in [5.41, 5.74) is 1.26. The quantitative estimate of drug-likeness (QED) is 0.753. The van der Waals surface area contributed by atoms with Gasteiger partial charge in [-0.05, 0) is 17.9 Å². The summed E-state index contributed by atoms with van der Waals surface area (Å²) in [6, 6.07) is 10.2. The van der Waals surface area contributed by atoms with Crippen LogP contribution in [-0.2, 0) is 7.05 Å². The molecule has 1 aliphatic rings. The third kappa shape index (κ3) is 1.78. The smallest absolute Gasteiger partial charge is 0.201 e. The molecule has 2 unspecified atom stereocenters. The van der Waals surface area contributed by atoms with Gasteiger partial charge in [-0.2, -0.15) is 0 Å². The van der Waals surface area contributed by atoms with Crippen molar-refractivity contribution < 1.29 is 4.79 Å². The molecule has 2 aromatic rings. The van der Waals surface area contributed by atoms with Gasteiger partial charge in [0.15, 0.2) is 5.82 Å². The van der Waals surface area contributed by atoms with Crippen LogP contribution < -0.4 is 0 Å². The predicted octanol–water partition coefficient (Wildman–Crippen LogP) is 2.41.